The molecule has 0 aliphatic heterocycles. The Morgan fingerprint density at radius 2 is 1.85 bits per heavy atom. The summed E-state index contributed by atoms with van der Waals surface area (Å²) in [5.41, 5.74) is 1.80. The lowest BCUT2D eigenvalue weighted by Gasteiger charge is -2.21. The Balaban J connectivity index is 1.82. The molecule has 0 bridgehead atoms. The highest BCUT2D eigenvalue weighted by Gasteiger charge is 2.28. The molecule has 3 rings (SSSR count). The second-order valence-corrected chi connectivity index (χ2v) is 6.40. The smallest absolute Gasteiger partial charge is 0.334 e. The van der Waals surface area contributed by atoms with Gasteiger partial charge in [-0.15, -0.1) is 0 Å². The number of amides is 1. The van der Waals surface area contributed by atoms with Crippen LogP contribution < -0.4 is 5.32 Å². The highest BCUT2D eigenvalue weighted by molar-refractivity contribution is 6.31. The molecule has 4 N–H and O–H groups in total. The summed E-state index contributed by atoms with van der Waals surface area (Å²) in [6, 6.07) is 14.9. The quantitative estimate of drug-likeness (QED) is 0.534. The molecule has 0 aliphatic rings. The lowest BCUT2D eigenvalue weighted by molar-refractivity contribution is -0.148. The van der Waals surface area contributed by atoms with Crippen LogP contribution in [0.25, 0.3) is 10.9 Å². The Labute approximate surface area is 154 Å². The van der Waals surface area contributed by atoms with Gasteiger partial charge >= 0.3 is 5.97 Å². The van der Waals surface area contributed by atoms with E-state index in [1.807, 2.05) is 18.2 Å². The molecule has 6 nitrogen and oxygen atoms in total. The number of H-pyrrole nitrogens is 1. The Bertz CT molecular complexity index is 939. The van der Waals surface area contributed by atoms with Crippen molar-refractivity contribution in [2.75, 3.05) is 0 Å². The van der Waals surface area contributed by atoms with E-state index in [-0.39, 0.29) is 12.1 Å². The fraction of sp³-hybridized carbons (Fsp3) is 0.158. The Hall–Kier alpha value is -2.83. The number of nitrogens with one attached hydrogen (secondary N) is 2. The standard InChI is InChI=1S/C19H17ClN2O4/c20-13-6-7-14-12(9-13)10-16(21-14)18(24)22-15(17(23)19(25)26)8-11-4-2-1-3-5-11/h1-7,9-10,15,17,21,23H,8H2,(H,22,24)(H,25,26)/t15-,17-/m1/s1. The van der Waals surface area contributed by atoms with E-state index < -0.39 is 24.0 Å². The zero-order valence-electron chi connectivity index (χ0n) is 13.6. The van der Waals surface area contributed by atoms with E-state index in [0.717, 1.165) is 16.5 Å². The molecule has 7 heteroatoms. The largest absolute Gasteiger partial charge is 0.479 e. The minimum atomic E-state index is -1.72. The highest BCUT2D eigenvalue weighted by atomic mass is 35.5. The minimum Gasteiger partial charge on any atom is -0.479 e. The lowest BCUT2D eigenvalue weighted by Crippen LogP contribution is -2.48. The summed E-state index contributed by atoms with van der Waals surface area (Å²) >= 11 is 5.95. The molecule has 0 saturated heterocycles. The number of fused-ring (bicyclic) bond motifs is 1. The molecular weight excluding hydrogens is 356 g/mol. The van der Waals surface area contributed by atoms with Crippen LogP contribution in [0.3, 0.4) is 0 Å². The van der Waals surface area contributed by atoms with Crippen molar-refractivity contribution in [3.05, 3.63) is 70.9 Å². The van der Waals surface area contributed by atoms with Gasteiger partial charge in [-0.05, 0) is 36.2 Å². The number of carbonyl (C=O) groups is 2. The van der Waals surface area contributed by atoms with E-state index in [0.29, 0.717) is 5.02 Å². The van der Waals surface area contributed by atoms with Crippen LogP contribution in [-0.2, 0) is 11.2 Å². The van der Waals surface area contributed by atoms with Crippen LogP contribution in [0.5, 0.6) is 0 Å². The van der Waals surface area contributed by atoms with Crippen LogP contribution >= 0.6 is 11.6 Å². The summed E-state index contributed by atoms with van der Waals surface area (Å²) in [6.07, 6.45) is -1.54. The maximum atomic E-state index is 12.5. The number of rotatable bonds is 6. The lowest BCUT2D eigenvalue weighted by atomic mass is 10.0. The van der Waals surface area contributed by atoms with Gasteiger partial charge in [0.15, 0.2) is 6.10 Å². The van der Waals surface area contributed by atoms with Crippen LogP contribution in [0, 0.1) is 0 Å². The molecule has 3 aromatic rings. The van der Waals surface area contributed by atoms with Crippen LogP contribution in [0.1, 0.15) is 16.1 Å². The molecule has 134 valence electrons. The topological polar surface area (TPSA) is 102 Å². The predicted octanol–water partition coefficient (Wildman–Crippen LogP) is 2.61. The highest BCUT2D eigenvalue weighted by Crippen LogP contribution is 2.20. The first-order chi connectivity index (χ1) is 12.4. The van der Waals surface area contributed by atoms with Crippen LogP contribution in [-0.4, -0.2) is 39.2 Å². The Kier molecular flexibility index (Phi) is 5.25. The Morgan fingerprint density at radius 3 is 2.54 bits per heavy atom. The second kappa shape index (κ2) is 7.59. The van der Waals surface area contributed by atoms with Gasteiger partial charge in [0.05, 0.1) is 6.04 Å². The number of carboxylic acid groups (broad SMARTS) is 1. The summed E-state index contributed by atoms with van der Waals surface area (Å²) in [7, 11) is 0. The molecule has 1 amide bonds. The average Bonchev–Trinajstić information content (AvgIpc) is 3.04. The zero-order valence-corrected chi connectivity index (χ0v) is 14.4. The van der Waals surface area contributed by atoms with Crippen molar-refractivity contribution < 1.29 is 19.8 Å². The van der Waals surface area contributed by atoms with Gasteiger partial charge < -0.3 is 20.5 Å². The Morgan fingerprint density at radius 1 is 1.12 bits per heavy atom. The van der Waals surface area contributed by atoms with Crippen LogP contribution in [0.4, 0.5) is 0 Å². The maximum absolute atomic E-state index is 12.5. The average molecular weight is 373 g/mol. The number of halogens is 1. The number of hydrogen-bond donors (Lipinski definition) is 4. The van der Waals surface area contributed by atoms with Crippen molar-refractivity contribution in [1.82, 2.24) is 10.3 Å². The van der Waals surface area contributed by atoms with Crippen molar-refractivity contribution >= 4 is 34.4 Å². The van der Waals surface area contributed by atoms with Gasteiger partial charge in [-0.25, -0.2) is 4.79 Å². The monoisotopic (exact) mass is 372 g/mol. The molecule has 0 fully saturated rings. The molecular formula is C19H17ClN2O4. The van der Waals surface area contributed by atoms with E-state index in [9.17, 15) is 14.7 Å². The van der Waals surface area contributed by atoms with E-state index in [1.165, 1.54) is 0 Å². The fourth-order valence-corrected chi connectivity index (χ4v) is 2.93. The molecule has 2 atom stereocenters. The van der Waals surface area contributed by atoms with Gasteiger partial charge in [0.2, 0.25) is 0 Å². The third-order valence-electron chi connectivity index (χ3n) is 4.08. The van der Waals surface area contributed by atoms with Gasteiger partial charge in [-0.2, -0.15) is 0 Å². The first-order valence-electron chi connectivity index (χ1n) is 7.98. The molecule has 1 heterocycles. The van der Waals surface area contributed by atoms with Gasteiger partial charge in [0.25, 0.3) is 5.91 Å². The van der Waals surface area contributed by atoms with Gasteiger partial charge in [0, 0.05) is 15.9 Å². The zero-order chi connectivity index (χ0) is 18.7. The molecule has 0 saturated carbocycles. The SMILES string of the molecule is O=C(N[C@H](Cc1ccccc1)[C@@H](O)C(=O)O)c1cc2cc(Cl)ccc2[nH]1. The van der Waals surface area contributed by atoms with E-state index in [4.69, 9.17) is 16.7 Å². The number of benzene rings is 2. The van der Waals surface area contributed by atoms with E-state index >= 15 is 0 Å². The van der Waals surface area contributed by atoms with E-state index in [1.54, 1.807) is 36.4 Å². The first-order valence-corrected chi connectivity index (χ1v) is 8.36. The molecule has 2 aromatic carbocycles. The number of aromatic amines is 1. The molecule has 0 aliphatic carbocycles. The third kappa shape index (κ3) is 4.04. The summed E-state index contributed by atoms with van der Waals surface area (Å²) in [4.78, 5) is 26.7. The molecule has 26 heavy (non-hydrogen) atoms. The normalized spacial score (nSPS) is 13.3. The summed E-state index contributed by atoms with van der Waals surface area (Å²) < 4.78 is 0. The summed E-state index contributed by atoms with van der Waals surface area (Å²) in [6.45, 7) is 0. The van der Waals surface area contributed by atoms with Crippen molar-refractivity contribution in [3.8, 4) is 0 Å². The van der Waals surface area contributed by atoms with Crippen LogP contribution in [0.15, 0.2) is 54.6 Å². The van der Waals surface area contributed by atoms with Gasteiger partial charge in [-0.1, -0.05) is 41.9 Å². The fourth-order valence-electron chi connectivity index (χ4n) is 2.75. The minimum absolute atomic E-state index is 0.187. The predicted molar refractivity (Wildman–Crippen MR) is 98.4 cm³/mol. The third-order valence-corrected chi connectivity index (χ3v) is 4.31. The van der Waals surface area contributed by atoms with Crippen molar-refractivity contribution in [2.45, 2.75) is 18.6 Å². The second-order valence-electron chi connectivity index (χ2n) is 5.97. The molecule has 1 aromatic heterocycles. The number of aliphatic hydroxyl groups is 1. The number of aliphatic hydroxyl groups excluding tert-OH is 1. The van der Waals surface area contributed by atoms with Crippen molar-refractivity contribution in [3.63, 3.8) is 0 Å². The summed E-state index contributed by atoms with van der Waals surface area (Å²) in [5, 5.41) is 23.0. The molecule has 0 spiro atoms. The number of hydrogen-bond acceptors (Lipinski definition) is 3. The summed E-state index contributed by atoms with van der Waals surface area (Å²) in [5.74, 6) is -1.90. The van der Waals surface area contributed by atoms with Crippen molar-refractivity contribution in [2.24, 2.45) is 0 Å². The maximum Gasteiger partial charge on any atom is 0.334 e. The van der Waals surface area contributed by atoms with Gasteiger partial charge in [-0.3, -0.25) is 4.79 Å². The van der Waals surface area contributed by atoms with E-state index in [2.05, 4.69) is 10.3 Å². The van der Waals surface area contributed by atoms with Crippen molar-refractivity contribution in [1.29, 1.82) is 0 Å². The molecule has 0 radical (unpaired) electrons. The number of aliphatic carboxylic acids is 1. The number of carboxylic acids is 1. The first kappa shape index (κ1) is 18.0. The van der Waals surface area contributed by atoms with Crippen LogP contribution in [0.2, 0.25) is 5.02 Å². The van der Waals surface area contributed by atoms with Gasteiger partial charge in [0.1, 0.15) is 5.69 Å². The number of carbonyl (C=O) groups excluding carboxylic acids is 1. The molecule has 0 unspecified atom stereocenters. The number of aromatic nitrogens is 1.